The summed E-state index contributed by atoms with van der Waals surface area (Å²) < 4.78 is 0. The molecule has 0 bridgehead atoms. The fraction of sp³-hybridized carbons (Fsp3) is 0.133. The van der Waals surface area contributed by atoms with Gasteiger partial charge in [0.15, 0.2) is 0 Å². The van der Waals surface area contributed by atoms with E-state index in [9.17, 15) is 4.79 Å². The van der Waals surface area contributed by atoms with E-state index in [-0.39, 0.29) is 0 Å². The maximum Gasteiger partial charge on any atom is 0.150 e. The molecule has 2 aromatic carbocycles. The Hall–Kier alpha value is -1.89. The Labute approximate surface area is 95.7 Å². The molecule has 0 N–H and O–H groups in total. The third kappa shape index (κ3) is 2.37. The molecule has 0 amide bonds. The second-order valence-electron chi connectivity index (χ2n) is 3.96. The Bertz CT molecular complexity index is 483. The van der Waals surface area contributed by atoms with Gasteiger partial charge in [0, 0.05) is 5.56 Å². The quantitative estimate of drug-likeness (QED) is 0.710. The highest BCUT2D eigenvalue weighted by Gasteiger charge is 1.99. The first-order valence-electron chi connectivity index (χ1n) is 5.38. The first-order valence-corrected chi connectivity index (χ1v) is 5.38. The number of benzene rings is 2. The van der Waals surface area contributed by atoms with Crippen LogP contribution in [0.25, 0.3) is 0 Å². The first-order chi connectivity index (χ1) is 7.79. The van der Waals surface area contributed by atoms with Gasteiger partial charge in [0.25, 0.3) is 0 Å². The Balaban J connectivity index is 2.21. The molecule has 1 nitrogen and oxygen atoms in total. The highest BCUT2D eigenvalue weighted by atomic mass is 16.1. The van der Waals surface area contributed by atoms with E-state index in [1.807, 2.05) is 30.3 Å². The molecule has 0 saturated heterocycles. The van der Waals surface area contributed by atoms with Gasteiger partial charge in [-0.15, -0.1) is 0 Å². The van der Waals surface area contributed by atoms with E-state index in [1.54, 1.807) is 0 Å². The van der Waals surface area contributed by atoms with Crippen LogP contribution in [0.15, 0.2) is 48.5 Å². The van der Waals surface area contributed by atoms with Gasteiger partial charge in [-0.3, -0.25) is 4.79 Å². The summed E-state index contributed by atoms with van der Waals surface area (Å²) in [5.74, 6) is 0. The van der Waals surface area contributed by atoms with Crippen LogP contribution in [0.4, 0.5) is 0 Å². The number of carbonyl (C=O) groups is 1. The van der Waals surface area contributed by atoms with Gasteiger partial charge in [0.1, 0.15) is 6.29 Å². The largest absolute Gasteiger partial charge is 0.298 e. The Morgan fingerprint density at radius 2 is 1.69 bits per heavy atom. The van der Waals surface area contributed by atoms with Gasteiger partial charge in [-0.2, -0.15) is 0 Å². The molecule has 16 heavy (non-hydrogen) atoms. The molecule has 0 radical (unpaired) electrons. The van der Waals surface area contributed by atoms with Crippen LogP contribution in [0.5, 0.6) is 0 Å². The van der Waals surface area contributed by atoms with Crippen molar-refractivity contribution >= 4 is 6.29 Å². The lowest BCUT2D eigenvalue weighted by atomic mass is 10.00. The molecule has 0 atom stereocenters. The summed E-state index contributed by atoms with van der Waals surface area (Å²) in [4.78, 5) is 10.5. The molecule has 0 fully saturated rings. The lowest BCUT2D eigenvalue weighted by Gasteiger charge is -2.05. The fourth-order valence-corrected chi connectivity index (χ4v) is 1.74. The summed E-state index contributed by atoms with van der Waals surface area (Å²) >= 11 is 0. The second kappa shape index (κ2) is 4.75. The van der Waals surface area contributed by atoms with Crippen LogP contribution >= 0.6 is 0 Å². The monoisotopic (exact) mass is 210 g/mol. The van der Waals surface area contributed by atoms with Crippen molar-refractivity contribution in [1.29, 1.82) is 0 Å². The first kappa shape index (κ1) is 10.6. The number of aryl methyl sites for hydroxylation is 1. The molecule has 0 aliphatic carbocycles. The average Bonchev–Trinajstić information content (AvgIpc) is 2.33. The van der Waals surface area contributed by atoms with Crippen LogP contribution in [0.2, 0.25) is 0 Å². The van der Waals surface area contributed by atoms with Crippen molar-refractivity contribution in [2.45, 2.75) is 13.3 Å². The van der Waals surface area contributed by atoms with E-state index >= 15 is 0 Å². The van der Waals surface area contributed by atoms with Crippen molar-refractivity contribution in [2.24, 2.45) is 0 Å². The predicted molar refractivity (Wildman–Crippen MR) is 65.8 cm³/mol. The number of hydrogen-bond acceptors (Lipinski definition) is 1. The van der Waals surface area contributed by atoms with Gasteiger partial charge in [-0.25, -0.2) is 0 Å². The Morgan fingerprint density at radius 1 is 1.00 bits per heavy atom. The van der Waals surface area contributed by atoms with Crippen LogP contribution in [0.3, 0.4) is 0 Å². The van der Waals surface area contributed by atoms with Crippen molar-refractivity contribution in [1.82, 2.24) is 0 Å². The van der Waals surface area contributed by atoms with Gasteiger partial charge in [0.2, 0.25) is 0 Å². The summed E-state index contributed by atoms with van der Waals surface area (Å²) in [7, 11) is 0. The van der Waals surface area contributed by atoms with Crippen molar-refractivity contribution < 1.29 is 4.79 Å². The van der Waals surface area contributed by atoms with Crippen molar-refractivity contribution in [3.05, 3.63) is 70.8 Å². The van der Waals surface area contributed by atoms with E-state index in [0.717, 1.165) is 18.3 Å². The maximum absolute atomic E-state index is 10.5. The van der Waals surface area contributed by atoms with Gasteiger partial charge >= 0.3 is 0 Å². The van der Waals surface area contributed by atoms with E-state index < -0.39 is 0 Å². The zero-order valence-corrected chi connectivity index (χ0v) is 9.31. The summed E-state index contributed by atoms with van der Waals surface area (Å²) in [5.41, 5.74) is 4.61. The highest BCUT2D eigenvalue weighted by molar-refractivity contribution is 5.74. The summed E-state index contributed by atoms with van der Waals surface area (Å²) in [5, 5.41) is 0. The van der Waals surface area contributed by atoms with Gasteiger partial charge in [-0.1, -0.05) is 48.5 Å². The van der Waals surface area contributed by atoms with Crippen LogP contribution in [-0.4, -0.2) is 6.29 Å². The molecule has 1 heteroatoms. The molecule has 0 heterocycles. The number of rotatable bonds is 3. The topological polar surface area (TPSA) is 17.1 Å². The molecule has 80 valence electrons. The molecule has 2 rings (SSSR count). The molecule has 0 aliphatic heterocycles. The second-order valence-corrected chi connectivity index (χ2v) is 3.96. The normalized spacial score (nSPS) is 10.1. The van der Waals surface area contributed by atoms with Crippen molar-refractivity contribution in [3.63, 3.8) is 0 Å². The van der Waals surface area contributed by atoms with Crippen molar-refractivity contribution in [3.8, 4) is 0 Å². The van der Waals surface area contributed by atoms with Crippen LogP contribution < -0.4 is 0 Å². The summed E-state index contributed by atoms with van der Waals surface area (Å²) in [6.45, 7) is 2.12. The predicted octanol–water partition coefficient (Wildman–Crippen LogP) is 3.40. The summed E-state index contributed by atoms with van der Waals surface area (Å²) in [6.07, 6.45) is 1.79. The Morgan fingerprint density at radius 3 is 2.31 bits per heavy atom. The van der Waals surface area contributed by atoms with Crippen LogP contribution in [0.1, 0.15) is 27.0 Å². The minimum Gasteiger partial charge on any atom is -0.298 e. The molecule has 2 aromatic rings. The molecular formula is C15H14O. The van der Waals surface area contributed by atoms with Crippen LogP contribution in [-0.2, 0) is 6.42 Å². The molecule has 0 saturated carbocycles. The number of hydrogen-bond donors (Lipinski definition) is 0. The SMILES string of the molecule is Cc1ccccc1Cc1ccc(C=O)cc1. The van der Waals surface area contributed by atoms with E-state index in [1.165, 1.54) is 16.7 Å². The molecule has 0 spiro atoms. The summed E-state index contributed by atoms with van der Waals surface area (Å²) in [6, 6.07) is 16.1. The minimum absolute atomic E-state index is 0.730. The van der Waals surface area contributed by atoms with E-state index in [2.05, 4.69) is 25.1 Å². The smallest absolute Gasteiger partial charge is 0.150 e. The third-order valence-electron chi connectivity index (χ3n) is 2.77. The van der Waals surface area contributed by atoms with E-state index in [0.29, 0.717) is 0 Å². The zero-order valence-electron chi connectivity index (χ0n) is 9.31. The lowest BCUT2D eigenvalue weighted by Crippen LogP contribution is -1.91. The highest BCUT2D eigenvalue weighted by Crippen LogP contribution is 2.13. The Kier molecular flexibility index (Phi) is 3.16. The van der Waals surface area contributed by atoms with Gasteiger partial charge in [-0.05, 0) is 30.0 Å². The van der Waals surface area contributed by atoms with E-state index in [4.69, 9.17) is 0 Å². The average molecular weight is 210 g/mol. The standard InChI is InChI=1S/C15H14O/c1-12-4-2-3-5-15(12)10-13-6-8-14(11-16)9-7-13/h2-9,11H,10H2,1H3. The molecule has 0 aromatic heterocycles. The fourth-order valence-electron chi connectivity index (χ4n) is 1.74. The van der Waals surface area contributed by atoms with Crippen LogP contribution in [0, 0.1) is 6.92 Å². The third-order valence-corrected chi connectivity index (χ3v) is 2.77. The molecule has 0 unspecified atom stereocenters. The molecule has 0 aliphatic rings. The lowest BCUT2D eigenvalue weighted by molar-refractivity contribution is 0.112. The number of carbonyl (C=O) groups excluding carboxylic acids is 1. The minimum atomic E-state index is 0.730. The van der Waals surface area contributed by atoms with Crippen molar-refractivity contribution in [2.75, 3.05) is 0 Å². The number of aldehydes is 1. The maximum atomic E-state index is 10.5. The van der Waals surface area contributed by atoms with Gasteiger partial charge < -0.3 is 0 Å². The zero-order chi connectivity index (χ0) is 11.4. The van der Waals surface area contributed by atoms with Gasteiger partial charge in [0.05, 0.1) is 0 Å². The molecular weight excluding hydrogens is 196 g/mol.